The molecule has 1 amide bonds. The van der Waals surface area contributed by atoms with Gasteiger partial charge in [0.25, 0.3) is 5.91 Å². The predicted molar refractivity (Wildman–Crippen MR) is 109 cm³/mol. The van der Waals surface area contributed by atoms with Crippen LogP contribution in [0.4, 0.5) is 0 Å². The summed E-state index contributed by atoms with van der Waals surface area (Å²) in [5, 5.41) is 0.548. The highest BCUT2D eigenvalue weighted by Gasteiger charge is 2.13. The fraction of sp³-hybridized carbons (Fsp3) is 0. The minimum absolute atomic E-state index is 0.244. The Balaban J connectivity index is 1.82. The van der Waals surface area contributed by atoms with Crippen molar-refractivity contribution >= 4 is 33.1 Å². The van der Waals surface area contributed by atoms with E-state index in [1.807, 2.05) is 12.1 Å². The third kappa shape index (κ3) is 4.76. The number of hydrogen-bond donors (Lipinski definition) is 1. The van der Waals surface area contributed by atoms with Gasteiger partial charge in [-0.25, -0.2) is 4.21 Å². The lowest BCUT2D eigenvalue weighted by Crippen LogP contribution is -2.30. The normalized spacial score (nSPS) is 12.3. The second-order valence-electron chi connectivity index (χ2n) is 5.61. The van der Waals surface area contributed by atoms with Crippen molar-refractivity contribution in [2.75, 3.05) is 0 Å². The molecule has 0 radical (unpaired) electrons. The first kappa shape index (κ1) is 18.7. The molecule has 0 fully saturated rings. The maximum atomic E-state index is 12.7. The van der Waals surface area contributed by atoms with Crippen LogP contribution in [0.3, 0.4) is 0 Å². The molecule has 0 saturated heterocycles. The van der Waals surface area contributed by atoms with Gasteiger partial charge in [0.1, 0.15) is 0 Å². The Bertz CT molecular complexity index is 1150. The van der Waals surface area contributed by atoms with E-state index in [2.05, 4.69) is 27.4 Å². The molecule has 2 aromatic carbocycles. The maximum Gasteiger partial charge on any atom is 0.264 e. The number of amides is 1. The van der Waals surface area contributed by atoms with Crippen LogP contribution in [0.5, 0.6) is 0 Å². The summed E-state index contributed by atoms with van der Waals surface area (Å²) in [6.45, 7) is 0. The summed E-state index contributed by atoms with van der Waals surface area (Å²) in [6, 6.07) is 17.4. The van der Waals surface area contributed by atoms with Crippen molar-refractivity contribution in [3.63, 3.8) is 0 Å². The van der Waals surface area contributed by atoms with Gasteiger partial charge in [-0.2, -0.15) is 0 Å². The Morgan fingerprint density at radius 1 is 1.04 bits per heavy atom. The van der Waals surface area contributed by atoms with E-state index in [-0.39, 0.29) is 5.56 Å². The fourth-order valence-corrected chi connectivity index (χ4v) is 3.56. The SMILES string of the molecule is C=S(=O)(NC(=O)c1cncc(C#Cc2ccccc2Cl)c1)c1ccccc1. The van der Waals surface area contributed by atoms with E-state index in [1.54, 1.807) is 54.7 Å². The minimum Gasteiger partial charge on any atom is -0.275 e. The van der Waals surface area contributed by atoms with E-state index in [0.29, 0.717) is 21.0 Å². The molecule has 0 aliphatic rings. The summed E-state index contributed by atoms with van der Waals surface area (Å²) in [6.07, 6.45) is 2.93. The largest absolute Gasteiger partial charge is 0.275 e. The van der Waals surface area contributed by atoms with E-state index < -0.39 is 15.6 Å². The summed E-state index contributed by atoms with van der Waals surface area (Å²) < 4.78 is 15.2. The van der Waals surface area contributed by atoms with Gasteiger partial charge in [0, 0.05) is 28.4 Å². The van der Waals surface area contributed by atoms with Crippen molar-refractivity contribution in [2.45, 2.75) is 4.90 Å². The zero-order chi connectivity index (χ0) is 19.3. The number of pyridine rings is 1. The van der Waals surface area contributed by atoms with Crippen molar-refractivity contribution < 1.29 is 9.00 Å². The molecule has 1 aromatic heterocycles. The van der Waals surface area contributed by atoms with Crippen molar-refractivity contribution in [2.24, 2.45) is 0 Å². The van der Waals surface area contributed by atoms with Crippen molar-refractivity contribution in [1.82, 2.24) is 9.71 Å². The van der Waals surface area contributed by atoms with Crippen LogP contribution in [0.15, 0.2) is 78.0 Å². The quantitative estimate of drug-likeness (QED) is 0.546. The molecule has 1 unspecified atom stereocenters. The molecule has 0 aliphatic carbocycles. The van der Waals surface area contributed by atoms with E-state index in [4.69, 9.17) is 11.6 Å². The number of nitrogens with one attached hydrogen (secondary N) is 1. The third-order valence-electron chi connectivity index (χ3n) is 3.60. The van der Waals surface area contributed by atoms with Crippen LogP contribution >= 0.6 is 11.6 Å². The lowest BCUT2D eigenvalue weighted by molar-refractivity contribution is 0.0982. The second-order valence-corrected chi connectivity index (χ2v) is 8.04. The van der Waals surface area contributed by atoms with E-state index >= 15 is 0 Å². The molecule has 6 heteroatoms. The first-order valence-corrected chi connectivity index (χ1v) is 10.0. The summed E-state index contributed by atoms with van der Waals surface area (Å²) in [5.41, 5.74) is 1.46. The molecule has 134 valence electrons. The third-order valence-corrected chi connectivity index (χ3v) is 5.48. The molecule has 0 aliphatic heterocycles. The molecule has 1 atom stereocenters. The predicted octanol–water partition coefficient (Wildman–Crippen LogP) is 3.56. The van der Waals surface area contributed by atoms with Crippen LogP contribution in [-0.2, 0) is 9.71 Å². The van der Waals surface area contributed by atoms with E-state index in [0.717, 1.165) is 0 Å². The Morgan fingerprint density at radius 2 is 1.74 bits per heavy atom. The van der Waals surface area contributed by atoms with Gasteiger partial charge in [0.2, 0.25) is 0 Å². The smallest absolute Gasteiger partial charge is 0.264 e. The Morgan fingerprint density at radius 3 is 2.48 bits per heavy atom. The first-order valence-electron chi connectivity index (χ1n) is 7.92. The van der Waals surface area contributed by atoms with Crippen LogP contribution in [0.2, 0.25) is 5.02 Å². The lowest BCUT2D eigenvalue weighted by atomic mass is 10.1. The average molecular weight is 395 g/mol. The molecule has 0 spiro atoms. The number of aromatic nitrogens is 1. The summed E-state index contributed by atoms with van der Waals surface area (Å²) in [5.74, 6) is 8.99. The number of rotatable bonds is 3. The van der Waals surface area contributed by atoms with Crippen LogP contribution in [0, 0.1) is 11.8 Å². The van der Waals surface area contributed by atoms with Crippen molar-refractivity contribution in [3.8, 4) is 11.8 Å². The number of nitrogens with zero attached hydrogens (tertiary/aromatic N) is 1. The van der Waals surface area contributed by atoms with Crippen LogP contribution in [0.1, 0.15) is 21.5 Å². The van der Waals surface area contributed by atoms with Gasteiger partial charge in [-0.3, -0.25) is 14.5 Å². The highest BCUT2D eigenvalue weighted by Crippen LogP contribution is 2.14. The summed E-state index contributed by atoms with van der Waals surface area (Å²) >= 11 is 6.08. The molecule has 1 N–H and O–H groups in total. The topological polar surface area (TPSA) is 59.1 Å². The molecule has 27 heavy (non-hydrogen) atoms. The zero-order valence-electron chi connectivity index (χ0n) is 14.2. The highest BCUT2D eigenvalue weighted by atomic mass is 35.5. The zero-order valence-corrected chi connectivity index (χ0v) is 15.8. The average Bonchev–Trinajstić information content (AvgIpc) is 2.68. The van der Waals surface area contributed by atoms with Gasteiger partial charge in [0.05, 0.1) is 20.3 Å². The molecular formula is C21H15ClN2O2S. The molecule has 3 rings (SSSR count). The van der Waals surface area contributed by atoms with Gasteiger partial charge in [-0.15, -0.1) is 0 Å². The summed E-state index contributed by atoms with van der Waals surface area (Å²) in [7, 11) is -2.96. The maximum absolute atomic E-state index is 12.7. The number of carbonyl (C=O) groups is 1. The van der Waals surface area contributed by atoms with Crippen LogP contribution in [-0.4, -0.2) is 21.0 Å². The molecule has 3 aromatic rings. The summed E-state index contributed by atoms with van der Waals surface area (Å²) in [4.78, 5) is 17.0. The monoisotopic (exact) mass is 394 g/mol. The van der Waals surface area contributed by atoms with Crippen LogP contribution < -0.4 is 4.72 Å². The van der Waals surface area contributed by atoms with Gasteiger partial charge in [-0.05, 0) is 36.2 Å². The van der Waals surface area contributed by atoms with Gasteiger partial charge < -0.3 is 0 Å². The van der Waals surface area contributed by atoms with Crippen molar-refractivity contribution in [3.05, 3.63) is 94.8 Å². The number of halogens is 1. The lowest BCUT2D eigenvalue weighted by Gasteiger charge is -2.11. The molecular weight excluding hydrogens is 380 g/mol. The number of hydrogen-bond acceptors (Lipinski definition) is 3. The minimum atomic E-state index is -2.96. The highest BCUT2D eigenvalue weighted by molar-refractivity contribution is 7.99. The standard InChI is InChI=1S/C21H15ClN2O2S/c1-27(26,19-8-3-2-4-9-19)24-21(25)18-13-16(14-23-15-18)11-12-17-7-5-6-10-20(17)22/h2-10,13-15H,1H2,(H,24,25,26). The molecule has 0 saturated carbocycles. The Kier molecular flexibility index (Phi) is 5.60. The molecule has 4 nitrogen and oxygen atoms in total. The van der Waals surface area contributed by atoms with Gasteiger partial charge in [0.15, 0.2) is 0 Å². The Hall–Kier alpha value is -3.07. The van der Waals surface area contributed by atoms with E-state index in [9.17, 15) is 9.00 Å². The molecule has 0 bridgehead atoms. The Labute approximate surface area is 163 Å². The molecule has 1 heterocycles. The van der Waals surface area contributed by atoms with E-state index in [1.165, 1.54) is 6.20 Å². The van der Waals surface area contributed by atoms with Crippen molar-refractivity contribution in [1.29, 1.82) is 0 Å². The second kappa shape index (κ2) is 8.09. The first-order chi connectivity index (χ1) is 13.0. The van der Waals surface area contributed by atoms with Gasteiger partial charge in [-0.1, -0.05) is 53.8 Å². The van der Waals surface area contributed by atoms with Crippen LogP contribution in [0.25, 0.3) is 0 Å². The number of carbonyl (C=O) groups excluding carboxylic acids is 1. The van der Waals surface area contributed by atoms with Gasteiger partial charge >= 0.3 is 0 Å². The fourth-order valence-electron chi connectivity index (χ4n) is 2.24. The number of benzene rings is 2.